The predicted octanol–water partition coefficient (Wildman–Crippen LogP) is -1.46. The molecule has 28 heavy (non-hydrogen) atoms. The van der Waals surface area contributed by atoms with Gasteiger partial charge in [-0.1, -0.05) is 6.42 Å². The van der Waals surface area contributed by atoms with E-state index in [-0.39, 0.29) is 31.5 Å². The van der Waals surface area contributed by atoms with Crippen LogP contribution in [0.3, 0.4) is 0 Å². The van der Waals surface area contributed by atoms with E-state index >= 15 is 0 Å². The monoisotopic (exact) mass is 418 g/mol. The van der Waals surface area contributed by atoms with Crippen molar-refractivity contribution >= 4 is 23.3 Å². The van der Waals surface area contributed by atoms with E-state index in [9.17, 15) is 18.3 Å². The Labute approximate surface area is 166 Å². The SMILES string of the molecule is CC(N(C1CC1)S(=O)(=O)N1C[C@H](CCCB(O)O)[C@](N)(C(=O)O)C1)C1(N)CC1. The first-order valence-corrected chi connectivity index (χ1v) is 11.3. The van der Waals surface area contributed by atoms with E-state index in [4.69, 9.17) is 21.5 Å². The number of carbonyl (C=O) groups is 1. The van der Waals surface area contributed by atoms with Gasteiger partial charge < -0.3 is 26.6 Å². The Kier molecular flexibility index (Phi) is 5.87. The van der Waals surface area contributed by atoms with Gasteiger partial charge in [0.15, 0.2) is 0 Å². The van der Waals surface area contributed by atoms with Crippen LogP contribution in [0.2, 0.25) is 6.32 Å². The molecule has 2 aliphatic carbocycles. The van der Waals surface area contributed by atoms with Gasteiger partial charge in [-0.3, -0.25) is 4.79 Å². The van der Waals surface area contributed by atoms with Crippen molar-refractivity contribution in [3.05, 3.63) is 0 Å². The summed E-state index contributed by atoms with van der Waals surface area (Å²) in [5.74, 6) is -1.86. The maximum Gasteiger partial charge on any atom is 0.451 e. The van der Waals surface area contributed by atoms with Gasteiger partial charge in [-0.05, 0) is 45.3 Å². The molecule has 0 aromatic rings. The van der Waals surface area contributed by atoms with Crippen LogP contribution in [0.1, 0.15) is 45.4 Å². The molecule has 3 rings (SSSR count). The number of nitrogens with zero attached hydrogens (tertiary/aromatic N) is 2. The third-order valence-electron chi connectivity index (χ3n) is 6.54. The van der Waals surface area contributed by atoms with E-state index in [0.717, 1.165) is 25.7 Å². The summed E-state index contributed by atoms with van der Waals surface area (Å²) < 4.78 is 29.5. The van der Waals surface area contributed by atoms with Crippen molar-refractivity contribution in [3.63, 3.8) is 0 Å². The average molecular weight is 418 g/mol. The summed E-state index contributed by atoms with van der Waals surface area (Å²) in [7, 11) is -5.40. The highest BCUT2D eigenvalue weighted by molar-refractivity contribution is 7.86. The van der Waals surface area contributed by atoms with E-state index < -0.39 is 40.3 Å². The first-order chi connectivity index (χ1) is 12.9. The number of hydrogen-bond donors (Lipinski definition) is 5. The van der Waals surface area contributed by atoms with Crippen LogP contribution in [0.15, 0.2) is 0 Å². The van der Waals surface area contributed by atoms with Crippen LogP contribution in [0.4, 0.5) is 0 Å². The lowest BCUT2D eigenvalue weighted by molar-refractivity contribution is -0.144. The van der Waals surface area contributed by atoms with Gasteiger partial charge >= 0.3 is 13.1 Å². The van der Waals surface area contributed by atoms with Gasteiger partial charge in [0.05, 0.1) is 0 Å². The van der Waals surface area contributed by atoms with Gasteiger partial charge in [-0.25, -0.2) is 0 Å². The minimum Gasteiger partial charge on any atom is -0.480 e. The molecule has 1 saturated heterocycles. The molecule has 2 saturated carbocycles. The number of carboxylic acids is 1. The molecule has 0 bridgehead atoms. The fraction of sp³-hybridized carbons (Fsp3) is 0.938. The van der Waals surface area contributed by atoms with E-state index in [1.54, 1.807) is 0 Å². The zero-order chi connectivity index (χ0) is 20.9. The van der Waals surface area contributed by atoms with Crippen molar-refractivity contribution in [2.45, 2.75) is 74.9 Å². The lowest BCUT2D eigenvalue weighted by Gasteiger charge is -2.35. The molecule has 3 atom stereocenters. The molecular formula is C16H31BN4O6S. The number of rotatable bonds is 10. The number of aliphatic carboxylic acids is 1. The van der Waals surface area contributed by atoms with Crippen LogP contribution >= 0.6 is 0 Å². The molecule has 12 heteroatoms. The third kappa shape index (κ3) is 4.09. The fourth-order valence-corrected chi connectivity index (χ4v) is 6.40. The first kappa shape index (κ1) is 21.9. The molecule has 0 aromatic carbocycles. The molecule has 0 amide bonds. The highest BCUT2D eigenvalue weighted by Gasteiger charge is 2.58. The highest BCUT2D eigenvalue weighted by atomic mass is 32.2. The second kappa shape index (κ2) is 7.49. The maximum atomic E-state index is 13.4. The highest BCUT2D eigenvalue weighted by Crippen LogP contribution is 2.44. The molecule has 7 N–H and O–H groups in total. The predicted molar refractivity (Wildman–Crippen MR) is 103 cm³/mol. The molecular weight excluding hydrogens is 387 g/mol. The Morgan fingerprint density at radius 2 is 1.93 bits per heavy atom. The lowest BCUT2D eigenvalue weighted by Crippen LogP contribution is -2.57. The Morgan fingerprint density at radius 1 is 1.32 bits per heavy atom. The zero-order valence-corrected chi connectivity index (χ0v) is 17.0. The Hall–Kier alpha value is -0.755. The average Bonchev–Trinajstić information content (AvgIpc) is 3.50. The van der Waals surface area contributed by atoms with Crippen LogP contribution in [-0.4, -0.2) is 81.5 Å². The van der Waals surface area contributed by atoms with E-state index in [1.807, 2.05) is 6.92 Å². The second-order valence-electron chi connectivity index (χ2n) is 8.72. The van der Waals surface area contributed by atoms with Crippen LogP contribution in [-0.2, 0) is 15.0 Å². The van der Waals surface area contributed by atoms with Crippen molar-refractivity contribution in [3.8, 4) is 0 Å². The standard InChI is InChI=1S/C16H31BN4O6S/c1-11(15(18)6-7-15)21(13-4-5-13)28(26,27)20-9-12(3-2-8-17(24)25)16(19,10-20)14(22)23/h11-13,24-25H,2-10,18-19H2,1H3,(H,22,23)/t11?,12-,16-/m0/s1. The molecule has 10 nitrogen and oxygen atoms in total. The Bertz CT molecular complexity index is 714. The minimum atomic E-state index is -3.91. The largest absolute Gasteiger partial charge is 0.480 e. The molecule has 1 aliphatic heterocycles. The van der Waals surface area contributed by atoms with Crippen LogP contribution in [0.25, 0.3) is 0 Å². The summed E-state index contributed by atoms with van der Waals surface area (Å²) in [6.45, 7) is 1.52. The Morgan fingerprint density at radius 3 is 2.39 bits per heavy atom. The normalized spacial score (nSPS) is 31.1. The molecule has 0 spiro atoms. The summed E-state index contributed by atoms with van der Waals surface area (Å²) in [6.07, 6.45) is 3.82. The summed E-state index contributed by atoms with van der Waals surface area (Å²) in [5.41, 5.74) is 10.2. The summed E-state index contributed by atoms with van der Waals surface area (Å²) in [6, 6.07) is -0.452. The first-order valence-electron chi connectivity index (χ1n) is 9.88. The summed E-state index contributed by atoms with van der Waals surface area (Å²) in [5, 5.41) is 27.7. The van der Waals surface area contributed by atoms with Crippen LogP contribution in [0, 0.1) is 5.92 Å². The van der Waals surface area contributed by atoms with Gasteiger partial charge in [-0.15, -0.1) is 0 Å². The molecule has 3 fully saturated rings. The van der Waals surface area contributed by atoms with Gasteiger partial charge in [0.25, 0.3) is 10.2 Å². The molecule has 3 aliphatic rings. The van der Waals surface area contributed by atoms with E-state index in [1.165, 1.54) is 8.61 Å². The summed E-state index contributed by atoms with van der Waals surface area (Å²) >= 11 is 0. The van der Waals surface area contributed by atoms with Gasteiger partial charge in [0.2, 0.25) is 0 Å². The third-order valence-corrected chi connectivity index (χ3v) is 8.62. The summed E-state index contributed by atoms with van der Waals surface area (Å²) in [4.78, 5) is 11.8. The van der Waals surface area contributed by atoms with Crippen molar-refractivity contribution < 1.29 is 28.4 Å². The molecule has 0 aromatic heterocycles. The molecule has 0 radical (unpaired) electrons. The van der Waals surface area contributed by atoms with Crippen LogP contribution in [0.5, 0.6) is 0 Å². The molecule has 1 heterocycles. The van der Waals surface area contributed by atoms with E-state index in [2.05, 4.69) is 0 Å². The minimum absolute atomic E-state index is 0.000167. The zero-order valence-electron chi connectivity index (χ0n) is 16.2. The second-order valence-corrected chi connectivity index (χ2v) is 10.6. The Balaban J connectivity index is 1.80. The topological polar surface area (TPSA) is 170 Å². The number of carboxylic acid groups (broad SMARTS) is 1. The van der Waals surface area contributed by atoms with Crippen molar-refractivity contribution in [2.75, 3.05) is 13.1 Å². The number of hydrogen-bond acceptors (Lipinski definition) is 7. The van der Waals surface area contributed by atoms with Crippen molar-refractivity contribution in [2.24, 2.45) is 17.4 Å². The quantitative estimate of drug-likeness (QED) is 0.268. The van der Waals surface area contributed by atoms with Crippen molar-refractivity contribution in [1.29, 1.82) is 0 Å². The van der Waals surface area contributed by atoms with Crippen LogP contribution < -0.4 is 11.5 Å². The van der Waals surface area contributed by atoms with Crippen molar-refractivity contribution in [1.82, 2.24) is 8.61 Å². The molecule has 160 valence electrons. The van der Waals surface area contributed by atoms with E-state index in [0.29, 0.717) is 12.8 Å². The lowest BCUT2D eigenvalue weighted by atomic mass is 9.78. The van der Waals surface area contributed by atoms with Gasteiger partial charge in [0, 0.05) is 36.6 Å². The maximum absolute atomic E-state index is 13.4. The molecule has 1 unspecified atom stereocenters. The fourth-order valence-electron chi connectivity index (χ4n) is 4.19. The van der Waals surface area contributed by atoms with Gasteiger partial charge in [-0.2, -0.15) is 17.0 Å². The smallest absolute Gasteiger partial charge is 0.451 e. The van der Waals surface area contributed by atoms with Gasteiger partial charge in [0.1, 0.15) is 5.54 Å². The number of nitrogens with two attached hydrogens (primary N) is 2.